The molecule has 0 radical (unpaired) electrons. The molecule has 0 fully saturated rings. The zero-order valence-corrected chi connectivity index (χ0v) is 11.6. The largest absolute Gasteiger partial charge is 0.480 e. The molecule has 0 atom stereocenters. The zero-order chi connectivity index (χ0) is 15.2. The molecule has 110 valence electrons. The molecule has 0 bridgehead atoms. The molecule has 0 aliphatic rings. The minimum atomic E-state index is -1.04. The van der Waals surface area contributed by atoms with Crippen LogP contribution in [0.15, 0.2) is 30.5 Å². The summed E-state index contributed by atoms with van der Waals surface area (Å²) in [4.78, 5) is 22.4. The molecule has 2 N–H and O–H groups in total. The molecule has 0 saturated heterocycles. The lowest BCUT2D eigenvalue weighted by Crippen LogP contribution is -2.23. The smallest absolute Gasteiger partial charge is 0.325 e. The molecule has 2 aromatic rings. The molecule has 0 unspecified atom stereocenters. The highest BCUT2D eigenvalue weighted by atomic mass is 16.4. The van der Waals surface area contributed by atoms with Gasteiger partial charge < -0.3 is 10.4 Å². The van der Waals surface area contributed by atoms with E-state index in [1.165, 1.54) is 11.8 Å². The Bertz CT molecular complexity index is 634. The average molecular weight is 288 g/mol. The molecular formula is C14H16N4O3. The summed E-state index contributed by atoms with van der Waals surface area (Å²) in [5, 5.41) is 18.6. The summed E-state index contributed by atoms with van der Waals surface area (Å²) in [6.07, 6.45) is 2.28. The van der Waals surface area contributed by atoms with Crippen LogP contribution in [0.25, 0.3) is 0 Å². The van der Waals surface area contributed by atoms with Gasteiger partial charge in [-0.3, -0.25) is 9.59 Å². The van der Waals surface area contributed by atoms with Crippen molar-refractivity contribution in [3.05, 3.63) is 47.3 Å². The molecule has 1 amide bonds. The number of aryl methyl sites for hydroxylation is 1. The highest BCUT2D eigenvalue weighted by Gasteiger charge is 2.11. The van der Waals surface area contributed by atoms with Crippen LogP contribution in [-0.2, 0) is 24.3 Å². The summed E-state index contributed by atoms with van der Waals surface area (Å²) in [6, 6.07) is 7.95. The monoisotopic (exact) mass is 288 g/mol. The standard InChI is InChI=1S/C14H16N4O3/c1-2-10-3-5-11(6-4-10)7-15-14(21)12-8-18(17-16-12)9-13(19)20/h3-6,8H,2,7,9H2,1H3,(H,15,21)(H,19,20). The minimum absolute atomic E-state index is 0.0985. The van der Waals surface area contributed by atoms with Gasteiger partial charge in [-0.1, -0.05) is 36.4 Å². The molecule has 0 spiro atoms. The van der Waals surface area contributed by atoms with Crippen LogP contribution in [0.2, 0.25) is 0 Å². The number of hydrogen-bond donors (Lipinski definition) is 2. The van der Waals surface area contributed by atoms with Gasteiger partial charge >= 0.3 is 5.97 Å². The predicted molar refractivity (Wildman–Crippen MR) is 74.6 cm³/mol. The van der Waals surface area contributed by atoms with Crippen LogP contribution < -0.4 is 5.32 Å². The highest BCUT2D eigenvalue weighted by molar-refractivity contribution is 5.91. The maximum atomic E-state index is 11.9. The SMILES string of the molecule is CCc1ccc(CNC(=O)c2cn(CC(=O)O)nn2)cc1. The quantitative estimate of drug-likeness (QED) is 0.821. The van der Waals surface area contributed by atoms with E-state index in [1.807, 2.05) is 24.3 Å². The fourth-order valence-electron chi connectivity index (χ4n) is 1.78. The van der Waals surface area contributed by atoms with Gasteiger partial charge in [-0.15, -0.1) is 5.10 Å². The number of hydrogen-bond acceptors (Lipinski definition) is 4. The van der Waals surface area contributed by atoms with Crippen molar-refractivity contribution in [2.24, 2.45) is 0 Å². The topological polar surface area (TPSA) is 97.1 Å². The molecule has 1 aromatic carbocycles. The van der Waals surface area contributed by atoms with Crippen molar-refractivity contribution in [2.75, 3.05) is 0 Å². The Kier molecular flexibility index (Phi) is 4.65. The van der Waals surface area contributed by atoms with E-state index < -0.39 is 5.97 Å². The number of rotatable bonds is 6. The summed E-state index contributed by atoms with van der Waals surface area (Å²) in [6.45, 7) is 2.14. The lowest BCUT2D eigenvalue weighted by molar-refractivity contribution is -0.137. The van der Waals surface area contributed by atoms with E-state index in [1.54, 1.807) is 0 Å². The Balaban J connectivity index is 1.91. The first-order chi connectivity index (χ1) is 10.1. The van der Waals surface area contributed by atoms with E-state index in [0.29, 0.717) is 6.54 Å². The number of amides is 1. The molecule has 7 heteroatoms. The Hall–Kier alpha value is -2.70. The van der Waals surface area contributed by atoms with E-state index in [4.69, 9.17) is 5.11 Å². The molecule has 0 saturated carbocycles. The van der Waals surface area contributed by atoms with E-state index in [0.717, 1.165) is 16.7 Å². The lowest BCUT2D eigenvalue weighted by Gasteiger charge is -2.04. The Morgan fingerprint density at radius 2 is 1.90 bits per heavy atom. The van der Waals surface area contributed by atoms with Gasteiger partial charge in [0.05, 0.1) is 6.20 Å². The van der Waals surface area contributed by atoms with Crippen molar-refractivity contribution in [1.82, 2.24) is 20.3 Å². The second-order valence-electron chi connectivity index (χ2n) is 4.55. The minimum Gasteiger partial charge on any atom is -0.480 e. The second-order valence-corrected chi connectivity index (χ2v) is 4.55. The molecule has 21 heavy (non-hydrogen) atoms. The first-order valence-electron chi connectivity index (χ1n) is 6.56. The number of carbonyl (C=O) groups excluding carboxylic acids is 1. The van der Waals surface area contributed by atoms with Crippen molar-refractivity contribution < 1.29 is 14.7 Å². The van der Waals surface area contributed by atoms with Gasteiger partial charge in [0.15, 0.2) is 5.69 Å². The fraction of sp³-hybridized carbons (Fsp3) is 0.286. The van der Waals surface area contributed by atoms with Crippen LogP contribution in [-0.4, -0.2) is 32.0 Å². The summed E-state index contributed by atoms with van der Waals surface area (Å²) in [7, 11) is 0. The molecule has 1 heterocycles. The summed E-state index contributed by atoms with van der Waals surface area (Å²) < 4.78 is 1.10. The van der Waals surface area contributed by atoms with Crippen LogP contribution in [0.3, 0.4) is 0 Å². The molecule has 0 aliphatic heterocycles. The van der Waals surface area contributed by atoms with Gasteiger partial charge in [-0.25, -0.2) is 4.68 Å². The zero-order valence-electron chi connectivity index (χ0n) is 11.6. The first-order valence-corrected chi connectivity index (χ1v) is 6.56. The number of carboxylic acid groups (broad SMARTS) is 1. The number of carboxylic acids is 1. The number of aliphatic carboxylic acids is 1. The van der Waals surface area contributed by atoms with Gasteiger partial charge in [0.1, 0.15) is 6.54 Å². The highest BCUT2D eigenvalue weighted by Crippen LogP contribution is 2.05. The molecule has 1 aromatic heterocycles. The third-order valence-corrected chi connectivity index (χ3v) is 2.95. The van der Waals surface area contributed by atoms with E-state index >= 15 is 0 Å². The first kappa shape index (κ1) is 14.7. The maximum absolute atomic E-state index is 11.9. The average Bonchev–Trinajstić information content (AvgIpc) is 2.93. The molecular weight excluding hydrogens is 272 g/mol. The van der Waals surface area contributed by atoms with Gasteiger partial charge in [0, 0.05) is 6.54 Å². The Morgan fingerprint density at radius 1 is 1.24 bits per heavy atom. The normalized spacial score (nSPS) is 10.3. The van der Waals surface area contributed by atoms with Crippen molar-refractivity contribution in [1.29, 1.82) is 0 Å². The molecule has 7 nitrogen and oxygen atoms in total. The van der Waals surface area contributed by atoms with Crippen molar-refractivity contribution in [3.8, 4) is 0 Å². The number of nitrogens with one attached hydrogen (secondary N) is 1. The Labute approximate surface area is 121 Å². The second kappa shape index (κ2) is 6.65. The van der Waals surface area contributed by atoms with Crippen LogP contribution in [0, 0.1) is 0 Å². The van der Waals surface area contributed by atoms with E-state index in [-0.39, 0.29) is 18.1 Å². The Morgan fingerprint density at radius 3 is 2.52 bits per heavy atom. The van der Waals surface area contributed by atoms with Gasteiger partial charge in [-0.05, 0) is 17.5 Å². The van der Waals surface area contributed by atoms with Crippen LogP contribution >= 0.6 is 0 Å². The number of nitrogens with zero attached hydrogens (tertiary/aromatic N) is 3. The van der Waals surface area contributed by atoms with Gasteiger partial charge in [-0.2, -0.15) is 0 Å². The summed E-state index contributed by atoms with van der Waals surface area (Å²) >= 11 is 0. The van der Waals surface area contributed by atoms with Crippen molar-refractivity contribution >= 4 is 11.9 Å². The molecule has 2 rings (SSSR count). The van der Waals surface area contributed by atoms with Crippen LogP contribution in [0.1, 0.15) is 28.5 Å². The summed E-state index contributed by atoms with van der Waals surface area (Å²) in [5.74, 6) is -1.42. The maximum Gasteiger partial charge on any atom is 0.325 e. The van der Waals surface area contributed by atoms with Gasteiger partial charge in [0.25, 0.3) is 5.91 Å². The van der Waals surface area contributed by atoms with Gasteiger partial charge in [0.2, 0.25) is 0 Å². The third kappa shape index (κ3) is 4.13. The number of carbonyl (C=O) groups is 2. The number of aromatic nitrogens is 3. The lowest BCUT2D eigenvalue weighted by atomic mass is 10.1. The van der Waals surface area contributed by atoms with Crippen molar-refractivity contribution in [3.63, 3.8) is 0 Å². The summed E-state index contributed by atoms with van der Waals surface area (Å²) in [5.41, 5.74) is 2.32. The van der Waals surface area contributed by atoms with Crippen LogP contribution in [0.5, 0.6) is 0 Å². The van der Waals surface area contributed by atoms with E-state index in [2.05, 4.69) is 22.6 Å². The fourth-order valence-corrected chi connectivity index (χ4v) is 1.78. The van der Waals surface area contributed by atoms with Crippen molar-refractivity contribution in [2.45, 2.75) is 26.4 Å². The predicted octanol–water partition coefficient (Wildman–Crippen LogP) is 0.855. The van der Waals surface area contributed by atoms with E-state index in [9.17, 15) is 9.59 Å². The number of benzene rings is 1. The molecule has 0 aliphatic carbocycles. The third-order valence-electron chi connectivity index (χ3n) is 2.95. The van der Waals surface area contributed by atoms with Crippen LogP contribution in [0.4, 0.5) is 0 Å².